The monoisotopic (exact) mass is 376 g/mol. The molecule has 0 aliphatic carbocycles. The first kappa shape index (κ1) is 15.9. The van der Waals surface area contributed by atoms with Gasteiger partial charge in [-0.15, -0.1) is 0 Å². The highest BCUT2D eigenvalue weighted by Crippen LogP contribution is 2.13. The van der Waals surface area contributed by atoms with Crippen molar-refractivity contribution < 1.29 is 14.3 Å². The van der Waals surface area contributed by atoms with E-state index in [-0.39, 0.29) is 23.4 Å². The molecule has 0 unspecified atom stereocenters. The molecule has 5 nitrogen and oxygen atoms in total. The van der Waals surface area contributed by atoms with Gasteiger partial charge in [-0.05, 0) is 31.5 Å². The van der Waals surface area contributed by atoms with Crippen molar-refractivity contribution in [2.24, 2.45) is 0 Å². The summed E-state index contributed by atoms with van der Waals surface area (Å²) in [6.07, 6.45) is -0.217. The fourth-order valence-electron chi connectivity index (χ4n) is 1.38. The van der Waals surface area contributed by atoms with E-state index >= 15 is 0 Å². The Morgan fingerprint density at radius 3 is 2.37 bits per heavy atom. The van der Waals surface area contributed by atoms with Crippen LogP contribution in [0, 0.1) is 0 Å². The van der Waals surface area contributed by atoms with Crippen molar-refractivity contribution in [3.63, 3.8) is 0 Å². The van der Waals surface area contributed by atoms with Crippen molar-refractivity contribution >= 4 is 34.5 Å². The summed E-state index contributed by atoms with van der Waals surface area (Å²) >= 11 is 2.17. The minimum atomic E-state index is -0.505. The molecule has 0 saturated heterocycles. The molecule has 0 fully saturated rings. The van der Waals surface area contributed by atoms with E-state index in [1.54, 1.807) is 40.1 Å². The van der Waals surface area contributed by atoms with Gasteiger partial charge >= 0.3 is 5.97 Å². The van der Waals surface area contributed by atoms with E-state index in [4.69, 9.17) is 4.74 Å². The van der Waals surface area contributed by atoms with Crippen LogP contribution in [0.1, 0.15) is 40.4 Å². The second-order valence-corrected chi connectivity index (χ2v) is 5.30. The Morgan fingerprint density at radius 2 is 1.89 bits per heavy atom. The number of pyridine rings is 1. The first-order valence-corrected chi connectivity index (χ1v) is 7.37. The van der Waals surface area contributed by atoms with Crippen molar-refractivity contribution in [2.45, 2.75) is 24.4 Å². The van der Waals surface area contributed by atoms with Gasteiger partial charge in [-0.25, -0.2) is 9.78 Å². The van der Waals surface area contributed by atoms with Gasteiger partial charge in [0.15, 0.2) is 0 Å². The second kappa shape index (κ2) is 6.83. The largest absolute Gasteiger partial charge is 0.458 e. The highest BCUT2D eigenvalue weighted by molar-refractivity contribution is 14.1. The molecule has 104 valence electrons. The quantitative estimate of drug-likeness (QED) is 0.460. The maximum Gasteiger partial charge on any atom is 0.357 e. The van der Waals surface area contributed by atoms with Gasteiger partial charge < -0.3 is 9.64 Å². The zero-order chi connectivity index (χ0) is 14.6. The van der Waals surface area contributed by atoms with Crippen LogP contribution in [0.3, 0.4) is 0 Å². The normalized spacial score (nSPS) is 10.4. The number of carbonyl (C=O) groups excluding carboxylic acids is 2. The molecule has 19 heavy (non-hydrogen) atoms. The van der Waals surface area contributed by atoms with Crippen LogP contribution in [0.25, 0.3) is 0 Å². The van der Waals surface area contributed by atoms with E-state index in [1.165, 1.54) is 4.90 Å². The second-order valence-electron chi connectivity index (χ2n) is 4.53. The lowest BCUT2D eigenvalue weighted by Crippen LogP contribution is -2.24. The molecular weight excluding hydrogens is 359 g/mol. The summed E-state index contributed by atoms with van der Waals surface area (Å²) in [5, 5.41) is 0. The van der Waals surface area contributed by atoms with Crippen molar-refractivity contribution in [1.82, 2.24) is 9.88 Å². The number of ether oxygens (including phenoxy) is 1. The highest BCUT2D eigenvalue weighted by atomic mass is 127. The van der Waals surface area contributed by atoms with Gasteiger partial charge in [0, 0.05) is 18.5 Å². The Hall–Kier alpha value is -1.18. The third kappa shape index (κ3) is 4.45. The standard InChI is InChI=1S/C13H17IN2O3/c1-8(2)19-13(18)11-6-9(7-14)5-10(15-11)12(17)16(3)4/h5-6,8H,7H2,1-4H3. The maximum atomic E-state index is 11.9. The summed E-state index contributed by atoms with van der Waals surface area (Å²) in [6, 6.07) is 3.35. The third-order valence-electron chi connectivity index (χ3n) is 2.22. The molecule has 1 aromatic rings. The van der Waals surface area contributed by atoms with Crippen LogP contribution < -0.4 is 0 Å². The lowest BCUT2D eigenvalue weighted by molar-refractivity contribution is 0.0370. The zero-order valence-electron chi connectivity index (χ0n) is 11.4. The Bertz CT molecular complexity index is 487. The molecule has 0 radical (unpaired) electrons. The number of rotatable bonds is 4. The number of halogens is 1. The fourth-order valence-corrected chi connectivity index (χ4v) is 1.82. The van der Waals surface area contributed by atoms with E-state index in [2.05, 4.69) is 27.6 Å². The van der Waals surface area contributed by atoms with Crippen LogP contribution in [-0.2, 0) is 9.16 Å². The van der Waals surface area contributed by atoms with Gasteiger partial charge in [0.05, 0.1) is 6.10 Å². The summed E-state index contributed by atoms with van der Waals surface area (Å²) in [5.41, 5.74) is 1.31. The molecule has 0 aromatic carbocycles. The van der Waals surface area contributed by atoms with Gasteiger partial charge in [-0.3, -0.25) is 4.79 Å². The highest BCUT2D eigenvalue weighted by Gasteiger charge is 2.17. The molecule has 1 heterocycles. The van der Waals surface area contributed by atoms with Gasteiger partial charge in [0.1, 0.15) is 11.4 Å². The van der Waals surface area contributed by atoms with Crippen molar-refractivity contribution in [1.29, 1.82) is 0 Å². The van der Waals surface area contributed by atoms with Crippen molar-refractivity contribution in [2.75, 3.05) is 14.1 Å². The topological polar surface area (TPSA) is 59.5 Å². The van der Waals surface area contributed by atoms with Gasteiger partial charge in [-0.1, -0.05) is 22.6 Å². The molecular formula is C13H17IN2O3. The number of hydrogen-bond acceptors (Lipinski definition) is 4. The lowest BCUT2D eigenvalue weighted by atomic mass is 10.2. The summed E-state index contributed by atoms with van der Waals surface area (Å²) in [4.78, 5) is 29.3. The minimum Gasteiger partial charge on any atom is -0.458 e. The SMILES string of the molecule is CC(C)OC(=O)c1cc(CI)cc(C(=O)N(C)C)n1. The van der Waals surface area contributed by atoms with Crippen LogP contribution in [0.2, 0.25) is 0 Å². The molecule has 0 atom stereocenters. The Morgan fingerprint density at radius 1 is 1.32 bits per heavy atom. The molecule has 0 N–H and O–H groups in total. The molecule has 6 heteroatoms. The number of aromatic nitrogens is 1. The first-order chi connectivity index (χ1) is 8.85. The molecule has 0 saturated carbocycles. The Balaban J connectivity index is 3.15. The van der Waals surface area contributed by atoms with E-state index in [1.807, 2.05) is 0 Å². The molecule has 1 amide bonds. The number of carbonyl (C=O) groups is 2. The Labute approximate surface area is 126 Å². The van der Waals surface area contributed by atoms with Crippen molar-refractivity contribution in [3.8, 4) is 0 Å². The number of amides is 1. The van der Waals surface area contributed by atoms with E-state index < -0.39 is 5.97 Å². The van der Waals surface area contributed by atoms with Gasteiger partial charge in [-0.2, -0.15) is 0 Å². The van der Waals surface area contributed by atoms with E-state index in [0.717, 1.165) is 5.56 Å². The molecule has 0 aliphatic heterocycles. The average Bonchev–Trinajstić information content (AvgIpc) is 2.36. The van der Waals surface area contributed by atoms with Crippen LogP contribution in [0.15, 0.2) is 12.1 Å². The zero-order valence-corrected chi connectivity index (χ0v) is 13.6. The van der Waals surface area contributed by atoms with Crippen LogP contribution in [-0.4, -0.2) is 42.0 Å². The molecule has 1 aromatic heterocycles. The number of nitrogens with zero attached hydrogens (tertiary/aromatic N) is 2. The fraction of sp³-hybridized carbons (Fsp3) is 0.462. The summed E-state index contributed by atoms with van der Waals surface area (Å²) in [6.45, 7) is 3.54. The lowest BCUT2D eigenvalue weighted by Gasteiger charge is -2.12. The van der Waals surface area contributed by atoms with E-state index in [9.17, 15) is 9.59 Å². The number of esters is 1. The predicted octanol–water partition coefficient (Wildman–Crippen LogP) is 2.28. The molecule has 0 bridgehead atoms. The minimum absolute atomic E-state index is 0.174. The maximum absolute atomic E-state index is 11.9. The predicted molar refractivity (Wildman–Crippen MR) is 80.5 cm³/mol. The Kier molecular flexibility index (Phi) is 5.71. The first-order valence-electron chi connectivity index (χ1n) is 5.84. The van der Waals surface area contributed by atoms with Crippen LogP contribution in [0.5, 0.6) is 0 Å². The van der Waals surface area contributed by atoms with Crippen LogP contribution in [0.4, 0.5) is 0 Å². The van der Waals surface area contributed by atoms with Crippen molar-refractivity contribution in [3.05, 3.63) is 29.1 Å². The molecule has 0 aliphatic rings. The van der Waals surface area contributed by atoms with E-state index in [0.29, 0.717) is 4.43 Å². The summed E-state index contributed by atoms with van der Waals surface area (Å²) < 4.78 is 5.79. The average molecular weight is 376 g/mol. The molecule has 1 rings (SSSR count). The summed E-state index contributed by atoms with van der Waals surface area (Å²) in [7, 11) is 3.29. The number of hydrogen-bond donors (Lipinski definition) is 0. The summed E-state index contributed by atoms with van der Waals surface area (Å²) in [5.74, 6) is -0.736. The van der Waals surface area contributed by atoms with Gasteiger partial charge in [0.25, 0.3) is 5.91 Å². The van der Waals surface area contributed by atoms with Gasteiger partial charge in [0.2, 0.25) is 0 Å². The third-order valence-corrected chi connectivity index (χ3v) is 3.10. The smallest absolute Gasteiger partial charge is 0.357 e. The van der Waals surface area contributed by atoms with Crippen LogP contribution >= 0.6 is 22.6 Å². The molecule has 0 spiro atoms. The number of alkyl halides is 1.